The Morgan fingerprint density at radius 3 is 2.54 bits per heavy atom. The number of halogens is 1. The number of nitrogens with zero attached hydrogens (tertiary/aromatic N) is 2. The fourth-order valence-corrected chi connectivity index (χ4v) is 4.11. The van der Waals surface area contributed by atoms with Gasteiger partial charge < -0.3 is 14.7 Å². The van der Waals surface area contributed by atoms with Crippen molar-refractivity contribution >= 4 is 17.0 Å². The van der Waals surface area contributed by atoms with Crippen molar-refractivity contribution in [2.45, 2.75) is 12.8 Å². The molecule has 2 aromatic carbocycles. The molecule has 2 heterocycles. The minimum atomic E-state index is -0.704. The zero-order chi connectivity index (χ0) is 18.1. The van der Waals surface area contributed by atoms with Crippen LogP contribution in [0.2, 0.25) is 0 Å². The summed E-state index contributed by atoms with van der Waals surface area (Å²) in [4.78, 5) is 7.69. The molecular weight excluding hydrogens is 351 g/mol. The van der Waals surface area contributed by atoms with Crippen molar-refractivity contribution in [3.8, 4) is 32.5 Å². The number of benzene rings is 2. The Bertz CT molecular complexity index is 918. The van der Waals surface area contributed by atoms with Gasteiger partial charge in [-0.05, 0) is 49.2 Å². The second-order valence-corrected chi connectivity index (χ2v) is 7.31. The van der Waals surface area contributed by atoms with Gasteiger partial charge in [0.15, 0.2) is 17.3 Å². The first-order chi connectivity index (χ1) is 12.7. The maximum Gasteiger partial charge on any atom is 0.194 e. The van der Waals surface area contributed by atoms with Crippen LogP contribution in [0.1, 0.15) is 12.8 Å². The van der Waals surface area contributed by atoms with Gasteiger partial charge in [0.05, 0.1) is 12.0 Å². The van der Waals surface area contributed by atoms with E-state index < -0.39 is 11.6 Å². The third kappa shape index (κ3) is 3.12. The maximum absolute atomic E-state index is 13.9. The average Bonchev–Trinajstić information content (AvgIpc) is 3.36. The summed E-state index contributed by atoms with van der Waals surface area (Å²) in [6.45, 7) is 2.24. The van der Waals surface area contributed by atoms with Crippen LogP contribution in [0.4, 0.5) is 10.1 Å². The lowest BCUT2D eigenvalue weighted by molar-refractivity contribution is 0.357. The monoisotopic (exact) mass is 370 g/mol. The van der Waals surface area contributed by atoms with Crippen LogP contribution >= 0.6 is 11.3 Å². The number of ether oxygens (including phenoxy) is 1. The molecule has 1 aliphatic heterocycles. The quantitative estimate of drug-likeness (QED) is 0.707. The van der Waals surface area contributed by atoms with Crippen LogP contribution in [0.3, 0.4) is 0 Å². The Labute approximate surface area is 155 Å². The van der Waals surface area contributed by atoms with E-state index in [0.29, 0.717) is 5.56 Å². The zero-order valence-electron chi connectivity index (χ0n) is 14.4. The van der Waals surface area contributed by atoms with E-state index in [2.05, 4.69) is 34.1 Å². The minimum Gasteiger partial charge on any atom is -0.502 e. The molecule has 4 rings (SSSR count). The zero-order valence-corrected chi connectivity index (χ0v) is 15.2. The second kappa shape index (κ2) is 6.96. The van der Waals surface area contributed by atoms with E-state index in [9.17, 15) is 9.50 Å². The first-order valence-electron chi connectivity index (χ1n) is 8.54. The molecule has 1 fully saturated rings. The summed E-state index contributed by atoms with van der Waals surface area (Å²) < 4.78 is 18.9. The van der Waals surface area contributed by atoms with Crippen LogP contribution in [0.15, 0.2) is 42.6 Å². The van der Waals surface area contributed by atoms with Gasteiger partial charge in [0.2, 0.25) is 0 Å². The Balaban J connectivity index is 1.61. The Hall–Kier alpha value is -2.60. The van der Waals surface area contributed by atoms with Gasteiger partial charge in [-0.15, -0.1) is 11.3 Å². The summed E-state index contributed by atoms with van der Waals surface area (Å²) in [5.74, 6) is -1.06. The van der Waals surface area contributed by atoms with Gasteiger partial charge in [0.1, 0.15) is 5.01 Å². The molecule has 0 bridgehead atoms. The molecule has 0 atom stereocenters. The van der Waals surface area contributed by atoms with E-state index in [0.717, 1.165) is 28.5 Å². The van der Waals surface area contributed by atoms with E-state index in [-0.39, 0.29) is 5.75 Å². The molecule has 0 aliphatic carbocycles. The largest absolute Gasteiger partial charge is 0.502 e. The highest BCUT2D eigenvalue weighted by molar-refractivity contribution is 7.18. The number of anilines is 1. The molecule has 0 radical (unpaired) electrons. The molecule has 3 aromatic rings. The number of hydrogen-bond acceptors (Lipinski definition) is 5. The summed E-state index contributed by atoms with van der Waals surface area (Å²) in [7, 11) is 1.40. The highest BCUT2D eigenvalue weighted by Gasteiger charge is 2.15. The number of hydrogen-bond donors (Lipinski definition) is 1. The summed E-state index contributed by atoms with van der Waals surface area (Å²) in [5, 5.41) is 10.5. The molecular formula is C20H19FN2O2S. The highest BCUT2D eigenvalue weighted by Crippen LogP contribution is 2.38. The van der Waals surface area contributed by atoms with Gasteiger partial charge in [0, 0.05) is 36.1 Å². The molecule has 0 amide bonds. The van der Waals surface area contributed by atoms with Crippen LogP contribution in [-0.2, 0) is 0 Å². The molecule has 0 saturated carbocycles. The van der Waals surface area contributed by atoms with Crippen molar-refractivity contribution in [2.24, 2.45) is 0 Å². The molecule has 26 heavy (non-hydrogen) atoms. The number of methoxy groups -OCH3 is 1. The van der Waals surface area contributed by atoms with Crippen LogP contribution in [-0.4, -0.2) is 30.3 Å². The Morgan fingerprint density at radius 1 is 1.12 bits per heavy atom. The van der Waals surface area contributed by atoms with Crippen LogP contribution in [0.25, 0.3) is 21.0 Å². The smallest absolute Gasteiger partial charge is 0.194 e. The van der Waals surface area contributed by atoms with Crippen molar-refractivity contribution in [1.29, 1.82) is 0 Å². The SMILES string of the molecule is COc1cc(-c2cnc(-c3ccc(N4CCCC4)cc3)s2)cc(F)c1O. The molecule has 1 N–H and O–H groups in total. The molecule has 4 nitrogen and oxygen atoms in total. The predicted molar refractivity (Wildman–Crippen MR) is 103 cm³/mol. The molecule has 0 unspecified atom stereocenters. The first kappa shape index (κ1) is 16.8. The lowest BCUT2D eigenvalue weighted by atomic mass is 10.1. The number of aromatic nitrogens is 1. The lowest BCUT2D eigenvalue weighted by Crippen LogP contribution is -2.17. The van der Waals surface area contributed by atoms with Crippen molar-refractivity contribution in [1.82, 2.24) is 4.98 Å². The summed E-state index contributed by atoms with van der Waals surface area (Å²) in [6.07, 6.45) is 4.23. The molecule has 1 aliphatic rings. The molecule has 1 saturated heterocycles. The number of phenolic OH excluding ortho intramolecular Hbond substituents is 1. The van der Waals surface area contributed by atoms with Gasteiger partial charge in [0.25, 0.3) is 0 Å². The van der Waals surface area contributed by atoms with Gasteiger partial charge in [-0.2, -0.15) is 0 Å². The Kier molecular flexibility index (Phi) is 4.51. The van der Waals surface area contributed by atoms with Gasteiger partial charge in [-0.25, -0.2) is 9.37 Å². The van der Waals surface area contributed by atoms with Gasteiger partial charge in [-0.1, -0.05) is 0 Å². The highest BCUT2D eigenvalue weighted by atomic mass is 32.1. The van der Waals surface area contributed by atoms with E-state index in [4.69, 9.17) is 4.74 Å². The molecule has 0 spiro atoms. The average molecular weight is 370 g/mol. The van der Waals surface area contributed by atoms with E-state index in [1.165, 1.54) is 43.0 Å². The maximum atomic E-state index is 13.9. The third-order valence-electron chi connectivity index (χ3n) is 4.62. The van der Waals surface area contributed by atoms with E-state index in [1.54, 1.807) is 12.3 Å². The number of phenols is 1. The third-order valence-corrected chi connectivity index (χ3v) is 5.72. The summed E-state index contributed by atoms with van der Waals surface area (Å²) >= 11 is 1.48. The number of rotatable bonds is 4. The van der Waals surface area contributed by atoms with Crippen LogP contribution < -0.4 is 9.64 Å². The van der Waals surface area contributed by atoms with Crippen molar-refractivity contribution in [3.05, 3.63) is 48.4 Å². The Morgan fingerprint density at radius 2 is 1.85 bits per heavy atom. The normalized spacial score (nSPS) is 14.0. The lowest BCUT2D eigenvalue weighted by Gasteiger charge is -2.17. The summed E-state index contributed by atoms with van der Waals surface area (Å²) in [6, 6.07) is 11.3. The fraction of sp³-hybridized carbons (Fsp3) is 0.250. The fourth-order valence-electron chi connectivity index (χ4n) is 3.20. The van der Waals surface area contributed by atoms with Crippen molar-refractivity contribution in [2.75, 3.05) is 25.1 Å². The molecule has 6 heteroatoms. The summed E-state index contributed by atoms with van der Waals surface area (Å²) in [5.41, 5.74) is 2.92. The van der Waals surface area contributed by atoms with Crippen LogP contribution in [0, 0.1) is 5.82 Å². The minimum absolute atomic E-state index is 0.116. The van der Waals surface area contributed by atoms with Gasteiger partial charge >= 0.3 is 0 Å². The van der Waals surface area contributed by atoms with E-state index in [1.807, 2.05) is 0 Å². The second-order valence-electron chi connectivity index (χ2n) is 6.28. The van der Waals surface area contributed by atoms with Crippen molar-refractivity contribution in [3.63, 3.8) is 0 Å². The van der Waals surface area contributed by atoms with Crippen LogP contribution in [0.5, 0.6) is 11.5 Å². The molecule has 1 aromatic heterocycles. The standard InChI is InChI=1S/C20H19FN2O2S/c1-25-17-11-14(10-16(21)19(17)24)18-12-22-20(26-18)13-4-6-15(7-5-13)23-8-2-3-9-23/h4-7,10-12,24H,2-3,8-9H2,1H3. The first-order valence-corrected chi connectivity index (χ1v) is 9.35. The predicted octanol–water partition coefficient (Wildman–Crippen LogP) is 4.93. The number of thiazole rings is 1. The molecule has 134 valence electrons. The number of aromatic hydroxyl groups is 1. The van der Waals surface area contributed by atoms with Gasteiger partial charge in [-0.3, -0.25) is 0 Å². The topological polar surface area (TPSA) is 45.6 Å². The van der Waals surface area contributed by atoms with E-state index >= 15 is 0 Å². The van der Waals surface area contributed by atoms with Crippen molar-refractivity contribution < 1.29 is 14.2 Å².